The number of hydrogen-bond donors (Lipinski definition) is 2. The average molecular weight is 302 g/mol. The zero-order chi connectivity index (χ0) is 12.2. The summed E-state index contributed by atoms with van der Waals surface area (Å²) in [5.74, 6) is 0.190. The summed E-state index contributed by atoms with van der Waals surface area (Å²) in [5.41, 5.74) is 1.09. The third-order valence-corrected chi connectivity index (χ3v) is 3.45. The van der Waals surface area contributed by atoms with Crippen LogP contribution in [0.2, 0.25) is 0 Å². The van der Waals surface area contributed by atoms with Crippen molar-refractivity contribution in [1.29, 1.82) is 0 Å². The Hall–Kier alpha value is -0.480. The smallest absolute Gasteiger partial charge is 0.229 e. The Bertz CT molecular complexity index is 379. The predicted octanol–water partition coefficient (Wildman–Crippen LogP) is 2.77. The van der Waals surface area contributed by atoms with Gasteiger partial charge >= 0.3 is 0 Å². The van der Waals surface area contributed by atoms with Crippen LogP contribution in [0.3, 0.4) is 0 Å². The standard InChI is InChI=1S/C12H16BrNOS/c1-12(2,8-14-11(15)7-16)9-5-3-4-6-10(9)13/h3-6,16H,7-8H2,1-2H3,(H,14,15). The van der Waals surface area contributed by atoms with Crippen LogP contribution in [0.4, 0.5) is 0 Å². The largest absolute Gasteiger partial charge is 0.355 e. The molecule has 0 fully saturated rings. The minimum atomic E-state index is -0.0985. The molecule has 0 aliphatic rings. The van der Waals surface area contributed by atoms with Gasteiger partial charge in [-0.05, 0) is 11.6 Å². The first-order valence-corrected chi connectivity index (χ1v) is 6.52. The summed E-state index contributed by atoms with van der Waals surface area (Å²) in [5, 5.41) is 2.86. The summed E-state index contributed by atoms with van der Waals surface area (Å²) in [6.45, 7) is 4.81. The fraction of sp³-hybridized carbons (Fsp3) is 0.417. The number of carbonyl (C=O) groups is 1. The maximum Gasteiger partial charge on any atom is 0.229 e. The van der Waals surface area contributed by atoms with E-state index in [1.807, 2.05) is 18.2 Å². The molecule has 0 aliphatic carbocycles. The number of halogens is 1. The maximum atomic E-state index is 11.2. The molecule has 1 aromatic rings. The molecule has 1 rings (SSSR count). The molecule has 0 bridgehead atoms. The predicted molar refractivity (Wildman–Crippen MR) is 74.0 cm³/mol. The van der Waals surface area contributed by atoms with E-state index in [0.29, 0.717) is 6.54 Å². The van der Waals surface area contributed by atoms with E-state index in [1.165, 1.54) is 5.56 Å². The van der Waals surface area contributed by atoms with Gasteiger partial charge in [0.1, 0.15) is 0 Å². The molecule has 16 heavy (non-hydrogen) atoms. The summed E-state index contributed by atoms with van der Waals surface area (Å²) in [6.07, 6.45) is 0. The number of benzene rings is 1. The number of amides is 1. The molecule has 1 N–H and O–H groups in total. The van der Waals surface area contributed by atoms with Crippen LogP contribution in [0.15, 0.2) is 28.7 Å². The molecule has 4 heteroatoms. The quantitative estimate of drug-likeness (QED) is 0.823. The fourth-order valence-electron chi connectivity index (χ4n) is 1.48. The molecule has 88 valence electrons. The van der Waals surface area contributed by atoms with Crippen LogP contribution in [0.25, 0.3) is 0 Å². The SMILES string of the molecule is CC(C)(CNC(=O)CS)c1ccccc1Br. The molecule has 0 saturated heterocycles. The van der Waals surface area contributed by atoms with Crippen LogP contribution < -0.4 is 5.32 Å². The van der Waals surface area contributed by atoms with Gasteiger partial charge in [-0.2, -0.15) is 12.6 Å². The molecule has 2 nitrogen and oxygen atoms in total. The molecule has 0 aliphatic heterocycles. The van der Waals surface area contributed by atoms with Gasteiger partial charge in [0.05, 0.1) is 5.75 Å². The molecule has 0 unspecified atom stereocenters. The van der Waals surface area contributed by atoms with Gasteiger partial charge in [0.15, 0.2) is 0 Å². The molecule has 1 amide bonds. The monoisotopic (exact) mass is 301 g/mol. The minimum Gasteiger partial charge on any atom is -0.355 e. The van der Waals surface area contributed by atoms with Crippen LogP contribution >= 0.6 is 28.6 Å². The van der Waals surface area contributed by atoms with Crippen molar-refractivity contribution in [2.24, 2.45) is 0 Å². The second kappa shape index (κ2) is 5.73. The van der Waals surface area contributed by atoms with E-state index >= 15 is 0 Å². The Morgan fingerprint density at radius 2 is 2.06 bits per heavy atom. The van der Waals surface area contributed by atoms with Crippen molar-refractivity contribution in [3.63, 3.8) is 0 Å². The number of rotatable bonds is 4. The summed E-state index contributed by atoms with van der Waals surface area (Å²) in [7, 11) is 0. The molecular formula is C12H16BrNOS. The van der Waals surface area contributed by atoms with Crippen molar-refractivity contribution in [2.45, 2.75) is 19.3 Å². The zero-order valence-electron chi connectivity index (χ0n) is 9.46. The van der Waals surface area contributed by atoms with Crippen LogP contribution in [0.5, 0.6) is 0 Å². The topological polar surface area (TPSA) is 29.1 Å². The Kier molecular flexibility index (Phi) is 4.87. The van der Waals surface area contributed by atoms with Crippen LogP contribution in [-0.2, 0) is 10.2 Å². The van der Waals surface area contributed by atoms with Gasteiger partial charge in [0, 0.05) is 16.4 Å². The second-order valence-corrected chi connectivity index (χ2v) is 5.47. The highest BCUT2D eigenvalue weighted by Crippen LogP contribution is 2.29. The summed E-state index contributed by atoms with van der Waals surface area (Å²) in [4.78, 5) is 11.2. The van der Waals surface area contributed by atoms with Gasteiger partial charge < -0.3 is 5.32 Å². The second-order valence-electron chi connectivity index (χ2n) is 4.30. The highest BCUT2D eigenvalue weighted by molar-refractivity contribution is 9.10. The third-order valence-electron chi connectivity index (χ3n) is 2.47. The Balaban J connectivity index is 2.77. The first kappa shape index (κ1) is 13.6. The Morgan fingerprint density at radius 3 is 2.62 bits per heavy atom. The number of hydrogen-bond acceptors (Lipinski definition) is 2. The Labute approximate surface area is 110 Å². The van der Waals surface area contributed by atoms with Gasteiger partial charge in [0.2, 0.25) is 5.91 Å². The molecule has 0 saturated carbocycles. The van der Waals surface area contributed by atoms with Gasteiger partial charge in [-0.15, -0.1) is 0 Å². The van der Waals surface area contributed by atoms with E-state index < -0.39 is 0 Å². The maximum absolute atomic E-state index is 11.2. The summed E-state index contributed by atoms with van der Waals surface area (Å²) in [6, 6.07) is 8.06. The van der Waals surface area contributed by atoms with E-state index in [9.17, 15) is 4.79 Å². The summed E-state index contributed by atoms with van der Waals surface area (Å²) < 4.78 is 1.07. The minimum absolute atomic E-state index is 0.0385. The van der Waals surface area contributed by atoms with Gasteiger partial charge in [-0.3, -0.25) is 4.79 Å². The van der Waals surface area contributed by atoms with E-state index in [4.69, 9.17) is 0 Å². The summed E-state index contributed by atoms with van der Waals surface area (Å²) >= 11 is 7.46. The van der Waals surface area contributed by atoms with E-state index in [2.05, 4.69) is 53.8 Å². The normalized spacial score (nSPS) is 11.2. The molecular weight excluding hydrogens is 286 g/mol. The average Bonchev–Trinajstić information content (AvgIpc) is 2.26. The van der Waals surface area contributed by atoms with Crippen molar-refractivity contribution in [2.75, 3.05) is 12.3 Å². The Morgan fingerprint density at radius 1 is 1.44 bits per heavy atom. The van der Waals surface area contributed by atoms with Crippen molar-refractivity contribution in [1.82, 2.24) is 5.32 Å². The lowest BCUT2D eigenvalue weighted by Crippen LogP contribution is -2.37. The van der Waals surface area contributed by atoms with Gasteiger partial charge in [-0.25, -0.2) is 0 Å². The molecule has 0 atom stereocenters. The van der Waals surface area contributed by atoms with Crippen molar-refractivity contribution in [3.8, 4) is 0 Å². The highest BCUT2D eigenvalue weighted by Gasteiger charge is 2.23. The van der Waals surface area contributed by atoms with Crippen LogP contribution in [-0.4, -0.2) is 18.2 Å². The number of nitrogens with one attached hydrogen (secondary N) is 1. The number of thiol groups is 1. The fourth-order valence-corrected chi connectivity index (χ4v) is 2.41. The van der Waals surface area contributed by atoms with Gasteiger partial charge in [0.25, 0.3) is 0 Å². The van der Waals surface area contributed by atoms with Crippen molar-refractivity contribution >= 4 is 34.5 Å². The lowest BCUT2D eigenvalue weighted by Gasteiger charge is -2.26. The van der Waals surface area contributed by atoms with Crippen molar-refractivity contribution < 1.29 is 4.79 Å². The first-order valence-electron chi connectivity index (χ1n) is 5.10. The molecule has 0 heterocycles. The van der Waals surface area contributed by atoms with E-state index in [0.717, 1.165) is 4.47 Å². The molecule has 1 aromatic carbocycles. The molecule has 0 spiro atoms. The van der Waals surface area contributed by atoms with Crippen LogP contribution in [0.1, 0.15) is 19.4 Å². The first-order chi connectivity index (χ1) is 7.47. The van der Waals surface area contributed by atoms with Gasteiger partial charge in [-0.1, -0.05) is 48.0 Å². The molecule has 0 aromatic heterocycles. The lowest BCUT2D eigenvalue weighted by atomic mass is 9.84. The highest BCUT2D eigenvalue weighted by atomic mass is 79.9. The zero-order valence-corrected chi connectivity index (χ0v) is 11.9. The van der Waals surface area contributed by atoms with Crippen molar-refractivity contribution in [3.05, 3.63) is 34.3 Å². The van der Waals surface area contributed by atoms with Crippen LogP contribution in [0, 0.1) is 0 Å². The number of carbonyl (C=O) groups excluding carboxylic acids is 1. The lowest BCUT2D eigenvalue weighted by molar-refractivity contribution is -0.118. The van der Waals surface area contributed by atoms with E-state index in [-0.39, 0.29) is 17.1 Å². The van der Waals surface area contributed by atoms with E-state index in [1.54, 1.807) is 0 Å². The third kappa shape index (κ3) is 3.52. The molecule has 0 radical (unpaired) electrons.